The zero-order chi connectivity index (χ0) is 15.5. The van der Waals surface area contributed by atoms with Gasteiger partial charge in [-0.1, -0.05) is 0 Å². The van der Waals surface area contributed by atoms with Gasteiger partial charge in [0.25, 0.3) is 11.6 Å². The van der Waals surface area contributed by atoms with Crippen LogP contribution in [0.25, 0.3) is 0 Å². The van der Waals surface area contributed by atoms with Crippen LogP contribution in [-0.4, -0.2) is 41.0 Å². The van der Waals surface area contributed by atoms with Gasteiger partial charge in [-0.3, -0.25) is 14.9 Å². The summed E-state index contributed by atoms with van der Waals surface area (Å²) < 4.78 is 37.5. The molecule has 0 spiro atoms. The van der Waals surface area contributed by atoms with E-state index in [1.807, 2.05) is 0 Å². The summed E-state index contributed by atoms with van der Waals surface area (Å²) in [5.74, 6) is -0.834. The van der Waals surface area contributed by atoms with Crippen molar-refractivity contribution in [1.82, 2.24) is 4.90 Å². The SMILES string of the molecule is CN(CCO)C(=O)c1ccc(C(F)(F)F)cc1[N+](=O)[O-]. The molecule has 20 heavy (non-hydrogen) atoms. The molecule has 1 amide bonds. The first-order valence-corrected chi connectivity index (χ1v) is 5.40. The third-order valence-electron chi connectivity index (χ3n) is 2.53. The summed E-state index contributed by atoms with van der Waals surface area (Å²) in [6.07, 6.45) is -4.73. The molecular weight excluding hydrogens is 281 g/mol. The van der Waals surface area contributed by atoms with Crippen LogP contribution in [0, 0.1) is 10.1 Å². The first-order valence-electron chi connectivity index (χ1n) is 5.40. The van der Waals surface area contributed by atoms with Crippen molar-refractivity contribution in [1.29, 1.82) is 0 Å². The number of nitro groups is 1. The highest BCUT2D eigenvalue weighted by Crippen LogP contribution is 2.33. The average Bonchev–Trinajstić information content (AvgIpc) is 2.36. The zero-order valence-electron chi connectivity index (χ0n) is 10.3. The van der Waals surface area contributed by atoms with Crippen LogP contribution in [0.2, 0.25) is 0 Å². The molecule has 6 nitrogen and oxygen atoms in total. The van der Waals surface area contributed by atoms with Gasteiger partial charge in [-0.2, -0.15) is 13.2 Å². The minimum Gasteiger partial charge on any atom is -0.395 e. The lowest BCUT2D eigenvalue weighted by molar-refractivity contribution is -0.385. The molecule has 0 aliphatic carbocycles. The van der Waals surface area contributed by atoms with Crippen LogP contribution in [0.5, 0.6) is 0 Å². The molecule has 0 fully saturated rings. The number of alkyl halides is 3. The third kappa shape index (κ3) is 3.44. The quantitative estimate of drug-likeness (QED) is 0.676. The molecule has 1 rings (SSSR count). The van der Waals surface area contributed by atoms with Gasteiger partial charge in [0.1, 0.15) is 5.56 Å². The average molecular weight is 292 g/mol. The van der Waals surface area contributed by atoms with E-state index in [9.17, 15) is 28.1 Å². The number of aliphatic hydroxyl groups excluding tert-OH is 1. The monoisotopic (exact) mass is 292 g/mol. The second-order valence-electron chi connectivity index (χ2n) is 3.94. The lowest BCUT2D eigenvalue weighted by atomic mass is 10.1. The fourth-order valence-electron chi connectivity index (χ4n) is 1.50. The number of likely N-dealkylation sites (N-methyl/N-ethyl adjacent to an activating group) is 1. The summed E-state index contributed by atoms with van der Waals surface area (Å²) in [5, 5.41) is 19.5. The van der Waals surface area contributed by atoms with Crippen LogP contribution in [0.4, 0.5) is 18.9 Å². The Labute approximate surface area is 111 Å². The minimum atomic E-state index is -4.73. The van der Waals surface area contributed by atoms with Crippen molar-refractivity contribution in [2.24, 2.45) is 0 Å². The molecule has 0 saturated heterocycles. The maximum absolute atomic E-state index is 12.5. The van der Waals surface area contributed by atoms with E-state index in [0.717, 1.165) is 11.0 Å². The summed E-state index contributed by atoms with van der Waals surface area (Å²) in [7, 11) is 1.28. The molecule has 1 N–H and O–H groups in total. The highest BCUT2D eigenvalue weighted by atomic mass is 19.4. The maximum atomic E-state index is 12.5. The fraction of sp³-hybridized carbons (Fsp3) is 0.364. The Balaban J connectivity index is 3.27. The number of nitrogens with zero attached hydrogens (tertiary/aromatic N) is 2. The Kier molecular flexibility index (Phi) is 4.66. The van der Waals surface area contributed by atoms with Gasteiger partial charge in [0.15, 0.2) is 0 Å². The number of carbonyl (C=O) groups is 1. The molecule has 9 heteroatoms. The lowest BCUT2D eigenvalue weighted by Gasteiger charge is -2.16. The number of nitro benzene ring substituents is 1. The van der Waals surface area contributed by atoms with E-state index in [2.05, 4.69) is 0 Å². The van der Waals surface area contributed by atoms with E-state index in [1.54, 1.807) is 0 Å². The highest BCUT2D eigenvalue weighted by molar-refractivity contribution is 5.98. The number of carbonyl (C=O) groups excluding carboxylic acids is 1. The number of amides is 1. The van der Waals surface area contributed by atoms with E-state index in [1.165, 1.54) is 7.05 Å². The predicted octanol–water partition coefficient (Wildman–Crippen LogP) is 1.68. The van der Waals surface area contributed by atoms with Gasteiger partial charge in [-0.25, -0.2) is 0 Å². The Bertz CT molecular complexity index is 531. The highest BCUT2D eigenvalue weighted by Gasteiger charge is 2.34. The molecule has 0 heterocycles. The molecule has 0 aliphatic rings. The van der Waals surface area contributed by atoms with Gasteiger partial charge >= 0.3 is 6.18 Å². The molecule has 0 aliphatic heterocycles. The number of rotatable bonds is 4. The second kappa shape index (κ2) is 5.87. The van der Waals surface area contributed by atoms with Gasteiger partial charge in [0, 0.05) is 19.7 Å². The Hall–Kier alpha value is -2.16. The third-order valence-corrected chi connectivity index (χ3v) is 2.53. The van der Waals surface area contributed by atoms with E-state index in [4.69, 9.17) is 5.11 Å². The van der Waals surface area contributed by atoms with E-state index >= 15 is 0 Å². The normalized spacial score (nSPS) is 11.2. The summed E-state index contributed by atoms with van der Waals surface area (Å²) in [4.78, 5) is 22.6. The number of hydrogen-bond acceptors (Lipinski definition) is 4. The largest absolute Gasteiger partial charge is 0.416 e. The van der Waals surface area contributed by atoms with E-state index < -0.39 is 33.8 Å². The van der Waals surface area contributed by atoms with Crippen molar-refractivity contribution in [3.63, 3.8) is 0 Å². The topological polar surface area (TPSA) is 83.7 Å². The van der Waals surface area contributed by atoms with Crippen molar-refractivity contribution < 1.29 is 28.0 Å². The van der Waals surface area contributed by atoms with Gasteiger partial charge in [0.2, 0.25) is 0 Å². The van der Waals surface area contributed by atoms with Crippen molar-refractivity contribution in [3.8, 4) is 0 Å². The standard InChI is InChI=1S/C11H11F3N2O4/c1-15(4-5-17)10(18)8-3-2-7(11(12,13)14)6-9(8)16(19)20/h2-3,6,17H,4-5H2,1H3. The van der Waals surface area contributed by atoms with Crippen LogP contribution in [0.15, 0.2) is 18.2 Å². The van der Waals surface area contributed by atoms with Gasteiger partial charge in [-0.05, 0) is 12.1 Å². The summed E-state index contributed by atoms with van der Waals surface area (Å²) in [6.45, 7) is -0.451. The number of aliphatic hydroxyl groups is 1. The van der Waals surface area contributed by atoms with Gasteiger partial charge < -0.3 is 10.0 Å². The van der Waals surface area contributed by atoms with Crippen LogP contribution in [-0.2, 0) is 6.18 Å². The van der Waals surface area contributed by atoms with Crippen LogP contribution in [0.1, 0.15) is 15.9 Å². The van der Waals surface area contributed by atoms with Crippen molar-refractivity contribution in [3.05, 3.63) is 39.4 Å². The van der Waals surface area contributed by atoms with Crippen molar-refractivity contribution >= 4 is 11.6 Å². The van der Waals surface area contributed by atoms with E-state index in [0.29, 0.717) is 12.1 Å². The van der Waals surface area contributed by atoms with Gasteiger partial charge in [0.05, 0.1) is 17.1 Å². The van der Waals surface area contributed by atoms with Crippen molar-refractivity contribution in [2.45, 2.75) is 6.18 Å². The molecule has 0 radical (unpaired) electrons. The first-order chi connectivity index (χ1) is 9.18. The maximum Gasteiger partial charge on any atom is 0.416 e. The van der Waals surface area contributed by atoms with Crippen LogP contribution >= 0.6 is 0 Å². The Morgan fingerprint density at radius 3 is 2.50 bits per heavy atom. The molecule has 0 unspecified atom stereocenters. The number of hydrogen-bond donors (Lipinski definition) is 1. The Morgan fingerprint density at radius 2 is 2.05 bits per heavy atom. The first kappa shape index (κ1) is 15.9. The predicted molar refractivity (Wildman–Crippen MR) is 62.1 cm³/mol. The Morgan fingerprint density at radius 1 is 1.45 bits per heavy atom. The van der Waals surface area contributed by atoms with Crippen LogP contribution in [0.3, 0.4) is 0 Å². The second-order valence-corrected chi connectivity index (χ2v) is 3.94. The molecular formula is C11H11F3N2O4. The van der Waals surface area contributed by atoms with E-state index in [-0.39, 0.29) is 13.2 Å². The molecule has 0 atom stereocenters. The lowest BCUT2D eigenvalue weighted by Crippen LogP contribution is -2.30. The zero-order valence-corrected chi connectivity index (χ0v) is 10.3. The van der Waals surface area contributed by atoms with Crippen LogP contribution < -0.4 is 0 Å². The summed E-state index contributed by atoms with van der Waals surface area (Å²) in [5.41, 5.74) is -2.58. The smallest absolute Gasteiger partial charge is 0.395 e. The summed E-state index contributed by atoms with van der Waals surface area (Å²) in [6, 6.07) is 1.68. The molecule has 1 aromatic rings. The van der Waals surface area contributed by atoms with Gasteiger partial charge in [-0.15, -0.1) is 0 Å². The molecule has 0 bridgehead atoms. The minimum absolute atomic E-state index is 0.0863. The number of benzene rings is 1. The summed E-state index contributed by atoms with van der Waals surface area (Å²) >= 11 is 0. The molecule has 0 aromatic heterocycles. The van der Waals surface area contributed by atoms with Crippen molar-refractivity contribution in [2.75, 3.05) is 20.2 Å². The molecule has 1 aromatic carbocycles. The fourth-order valence-corrected chi connectivity index (χ4v) is 1.50. The number of halogens is 3. The molecule has 110 valence electrons. The molecule has 0 saturated carbocycles.